The minimum atomic E-state index is -0.398. The van der Waals surface area contributed by atoms with E-state index in [0.29, 0.717) is 16.8 Å². The predicted molar refractivity (Wildman–Crippen MR) is 96.4 cm³/mol. The molecule has 0 saturated carbocycles. The molecule has 0 fully saturated rings. The Labute approximate surface area is 146 Å². The summed E-state index contributed by atoms with van der Waals surface area (Å²) in [5, 5.41) is 2.79. The molecule has 3 aromatic carbocycles. The Morgan fingerprint density at radius 3 is 1.96 bits per heavy atom. The number of benzene rings is 3. The first kappa shape index (κ1) is 16.5. The Balaban J connectivity index is 1.58. The van der Waals surface area contributed by atoms with E-state index in [9.17, 15) is 9.59 Å². The molecule has 0 aliphatic carbocycles. The Morgan fingerprint density at radius 1 is 0.720 bits per heavy atom. The fraction of sp³-hybridized carbons (Fsp3) is 0.0476. The molecule has 0 spiro atoms. The number of hydrogen-bond acceptors (Lipinski definition) is 3. The Kier molecular flexibility index (Phi) is 5.22. The van der Waals surface area contributed by atoms with Crippen LogP contribution in [-0.4, -0.2) is 11.9 Å². The summed E-state index contributed by atoms with van der Waals surface area (Å²) in [6, 6.07) is 25.1. The van der Waals surface area contributed by atoms with Gasteiger partial charge in [-0.3, -0.25) is 4.79 Å². The van der Waals surface area contributed by atoms with E-state index in [-0.39, 0.29) is 12.5 Å². The molecule has 25 heavy (non-hydrogen) atoms. The zero-order valence-electron chi connectivity index (χ0n) is 13.5. The lowest BCUT2D eigenvalue weighted by atomic mass is 10.2. The van der Waals surface area contributed by atoms with Crippen LogP contribution in [0.5, 0.6) is 0 Å². The van der Waals surface area contributed by atoms with Crippen molar-refractivity contribution in [1.82, 2.24) is 0 Å². The van der Waals surface area contributed by atoms with E-state index in [0.717, 1.165) is 5.56 Å². The molecule has 0 heterocycles. The second-order valence-corrected chi connectivity index (χ2v) is 5.46. The number of carbonyl (C=O) groups excluding carboxylic acids is 2. The number of esters is 1. The normalized spacial score (nSPS) is 10.1. The van der Waals surface area contributed by atoms with Crippen LogP contribution in [0.25, 0.3) is 0 Å². The Hall–Kier alpha value is -3.40. The second-order valence-electron chi connectivity index (χ2n) is 5.46. The highest BCUT2D eigenvalue weighted by Gasteiger charge is 2.09. The van der Waals surface area contributed by atoms with Crippen molar-refractivity contribution in [3.05, 3.63) is 102 Å². The van der Waals surface area contributed by atoms with Crippen molar-refractivity contribution in [1.29, 1.82) is 0 Å². The molecule has 0 saturated heterocycles. The van der Waals surface area contributed by atoms with E-state index in [4.69, 9.17) is 4.74 Å². The van der Waals surface area contributed by atoms with E-state index < -0.39 is 5.97 Å². The minimum Gasteiger partial charge on any atom is -0.457 e. The summed E-state index contributed by atoms with van der Waals surface area (Å²) in [6.45, 7) is 0.228. The largest absolute Gasteiger partial charge is 0.457 e. The number of rotatable bonds is 5. The van der Waals surface area contributed by atoms with Gasteiger partial charge in [0.15, 0.2) is 0 Å². The number of ether oxygens (including phenoxy) is 1. The molecule has 1 amide bonds. The maximum absolute atomic E-state index is 12.1. The monoisotopic (exact) mass is 331 g/mol. The highest BCUT2D eigenvalue weighted by Crippen LogP contribution is 2.13. The van der Waals surface area contributed by atoms with Gasteiger partial charge in [0.25, 0.3) is 5.91 Å². The number of amides is 1. The summed E-state index contributed by atoms with van der Waals surface area (Å²) in [5.74, 6) is -0.593. The molecule has 0 atom stereocenters. The van der Waals surface area contributed by atoms with Crippen LogP contribution in [0.4, 0.5) is 5.69 Å². The summed E-state index contributed by atoms with van der Waals surface area (Å²) in [6.07, 6.45) is 0. The van der Waals surface area contributed by atoms with Gasteiger partial charge in [-0.2, -0.15) is 0 Å². The lowest BCUT2D eigenvalue weighted by Gasteiger charge is -2.07. The highest BCUT2D eigenvalue weighted by atomic mass is 16.5. The average molecular weight is 331 g/mol. The smallest absolute Gasteiger partial charge is 0.338 e. The molecule has 1 N–H and O–H groups in total. The van der Waals surface area contributed by atoms with Gasteiger partial charge >= 0.3 is 5.97 Å². The minimum absolute atomic E-state index is 0.194. The maximum atomic E-state index is 12.1. The van der Waals surface area contributed by atoms with Gasteiger partial charge in [-0.25, -0.2) is 4.79 Å². The zero-order chi connectivity index (χ0) is 17.5. The van der Waals surface area contributed by atoms with Crippen LogP contribution in [0.15, 0.2) is 84.9 Å². The van der Waals surface area contributed by atoms with Crippen molar-refractivity contribution in [2.45, 2.75) is 6.61 Å². The first-order chi connectivity index (χ1) is 12.2. The lowest BCUT2D eigenvalue weighted by Crippen LogP contribution is -2.12. The van der Waals surface area contributed by atoms with Crippen LogP contribution in [0, 0.1) is 0 Å². The number of carbonyl (C=O) groups is 2. The summed E-state index contributed by atoms with van der Waals surface area (Å²) < 4.78 is 5.28. The van der Waals surface area contributed by atoms with Gasteiger partial charge in [-0.15, -0.1) is 0 Å². The van der Waals surface area contributed by atoms with Gasteiger partial charge in [0.05, 0.1) is 5.56 Å². The highest BCUT2D eigenvalue weighted by molar-refractivity contribution is 6.04. The van der Waals surface area contributed by atoms with Crippen molar-refractivity contribution in [3.8, 4) is 0 Å². The van der Waals surface area contributed by atoms with E-state index in [2.05, 4.69) is 5.32 Å². The Bertz CT molecular complexity index is 843. The van der Waals surface area contributed by atoms with Crippen molar-refractivity contribution >= 4 is 17.6 Å². The van der Waals surface area contributed by atoms with Crippen molar-refractivity contribution in [2.75, 3.05) is 5.32 Å². The molecule has 124 valence electrons. The molecular weight excluding hydrogens is 314 g/mol. The summed E-state index contributed by atoms with van der Waals surface area (Å²) in [4.78, 5) is 24.2. The van der Waals surface area contributed by atoms with Gasteiger partial charge in [-0.1, -0.05) is 48.5 Å². The van der Waals surface area contributed by atoms with Crippen LogP contribution in [-0.2, 0) is 11.3 Å². The van der Waals surface area contributed by atoms with Crippen molar-refractivity contribution < 1.29 is 14.3 Å². The van der Waals surface area contributed by atoms with Gasteiger partial charge in [0.2, 0.25) is 0 Å². The van der Waals surface area contributed by atoms with Gasteiger partial charge < -0.3 is 10.1 Å². The molecule has 0 aromatic heterocycles. The second kappa shape index (κ2) is 7.93. The van der Waals surface area contributed by atoms with E-state index in [1.165, 1.54) is 0 Å². The summed E-state index contributed by atoms with van der Waals surface area (Å²) in [7, 11) is 0. The molecule has 0 bridgehead atoms. The molecule has 3 rings (SSSR count). The van der Waals surface area contributed by atoms with Crippen LogP contribution in [0.1, 0.15) is 26.3 Å². The fourth-order valence-corrected chi connectivity index (χ4v) is 2.29. The third-order valence-electron chi connectivity index (χ3n) is 3.63. The van der Waals surface area contributed by atoms with Crippen LogP contribution >= 0.6 is 0 Å². The van der Waals surface area contributed by atoms with E-state index in [1.54, 1.807) is 48.5 Å². The van der Waals surface area contributed by atoms with Gasteiger partial charge in [0, 0.05) is 11.3 Å². The molecular formula is C21H17NO3. The number of anilines is 1. The van der Waals surface area contributed by atoms with Crippen LogP contribution in [0.2, 0.25) is 0 Å². The number of hydrogen-bond donors (Lipinski definition) is 1. The van der Waals surface area contributed by atoms with Gasteiger partial charge in [-0.05, 0) is 42.0 Å². The third-order valence-corrected chi connectivity index (χ3v) is 3.63. The summed E-state index contributed by atoms with van der Waals surface area (Å²) in [5.41, 5.74) is 2.57. The summed E-state index contributed by atoms with van der Waals surface area (Å²) >= 11 is 0. The molecule has 0 unspecified atom stereocenters. The molecule has 0 aliphatic heterocycles. The first-order valence-electron chi connectivity index (χ1n) is 7.90. The molecule has 0 aliphatic rings. The zero-order valence-corrected chi connectivity index (χ0v) is 13.5. The molecule has 4 heteroatoms. The molecule has 4 nitrogen and oxygen atoms in total. The predicted octanol–water partition coefficient (Wildman–Crippen LogP) is 4.30. The number of nitrogens with one attached hydrogen (secondary N) is 1. The topological polar surface area (TPSA) is 55.4 Å². The lowest BCUT2D eigenvalue weighted by molar-refractivity contribution is 0.0472. The van der Waals surface area contributed by atoms with E-state index >= 15 is 0 Å². The van der Waals surface area contributed by atoms with E-state index in [1.807, 2.05) is 36.4 Å². The van der Waals surface area contributed by atoms with Gasteiger partial charge in [0.1, 0.15) is 6.61 Å². The Morgan fingerprint density at radius 2 is 1.32 bits per heavy atom. The fourth-order valence-electron chi connectivity index (χ4n) is 2.29. The molecule has 0 radical (unpaired) electrons. The first-order valence-corrected chi connectivity index (χ1v) is 7.90. The third kappa shape index (κ3) is 4.54. The average Bonchev–Trinajstić information content (AvgIpc) is 2.68. The maximum Gasteiger partial charge on any atom is 0.338 e. The quantitative estimate of drug-likeness (QED) is 0.709. The standard InChI is InChI=1S/C21H17NO3/c23-20(17-9-5-2-6-10-17)22-19-13-11-18(12-14-19)21(24)25-15-16-7-3-1-4-8-16/h1-14H,15H2,(H,22,23). The van der Waals surface area contributed by atoms with Crippen molar-refractivity contribution in [2.24, 2.45) is 0 Å². The van der Waals surface area contributed by atoms with Crippen LogP contribution < -0.4 is 5.32 Å². The molecule has 3 aromatic rings. The van der Waals surface area contributed by atoms with Crippen LogP contribution in [0.3, 0.4) is 0 Å². The van der Waals surface area contributed by atoms with Crippen molar-refractivity contribution in [3.63, 3.8) is 0 Å². The SMILES string of the molecule is O=C(Nc1ccc(C(=O)OCc2ccccc2)cc1)c1ccccc1.